The minimum atomic E-state index is -4.93. The Morgan fingerprint density at radius 1 is 0.935 bits per heavy atom. The standard InChI is InChI=1S/C22H18F6N2S/c23-21(24,25)12-9-16(22(26,27)28)19-14(6-3-4-8-29)20(30-17(19)10-12)15-11-31-18-7-2-1-5-13(15)18/h1-2,5,7,9-11,30H,3-4,6,8,29H2. The van der Waals surface area contributed by atoms with E-state index in [1.54, 1.807) is 0 Å². The van der Waals surface area contributed by atoms with Gasteiger partial charge in [0, 0.05) is 31.9 Å². The monoisotopic (exact) mass is 456 g/mol. The molecule has 0 aliphatic rings. The van der Waals surface area contributed by atoms with Crippen LogP contribution in [0.1, 0.15) is 29.5 Å². The molecule has 4 rings (SSSR count). The quantitative estimate of drug-likeness (QED) is 0.239. The summed E-state index contributed by atoms with van der Waals surface area (Å²) in [6.07, 6.45) is -8.44. The Bertz CT molecular complexity index is 1230. The molecule has 0 spiro atoms. The van der Waals surface area contributed by atoms with Gasteiger partial charge in [-0.1, -0.05) is 18.2 Å². The number of nitrogens with one attached hydrogen (secondary N) is 1. The Morgan fingerprint density at radius 2 is 1.68 bits per heavy atom. The van der Waals surface area contributed by atoms with Gasteiger partial charge in [-0.3, -0.25) is 0 Å². The Hall–Kier alpha value is -2.52. The molecule has 0 bridgehead atoms. The number of benzene rings is 2. The molecule has 0 radical (unpaired) electrons. The molecule has 0 saturated heterocycles. The van der Waals surface area contributed by atoms with Crippen LogP contribution in [-0.4, -0.2) is 11.5 Å². The molecule has 0 amide bonds. The Labute approximate surface area is 177 Å². The lowest BCUT2D eigenvalue weighted by molar-refractivity contribution is -0.142. The molecule has 31 heavy (non-hydrogen) atoms. The maximum absolute atomic E-state index is 13.9. The number of fused-ring (bicyclic) bond motifs is 2. The van der Waals surface area contributed by atoms with Gasteiger partial charge in [0.1, 0.15) is 0 Å². The number of H-pyrrole nitrogens is 1. The van der Waals surface area contributed by atoms with Crippen LogP contribution in [-0.2, 0) is 18.8 Å². The zero-order chi connectivity index (χ0) is 22.4. The van der Waals surface area contributed by atoms with E-state index in [9.17, 15) is 26.3 Å². The van der Waals surface area contributed by atoms with Gasteiger partial charge >= 0.3 is 12.4 Å². The van der Waals surface area contributed by atoms with Crippen molar-refractivity contribution >= 4 is 32.3 Å². The number of hydrogen-bond acceptors (Lipinski definition) is 2. The van der Waals surface area contributed by atoms with Gasteiger partial charge in [0.05, 0.1) is 16.8 Å². The van der Waals surface area contributed by atoms with Crippen LogP contribution in [0.15, 0.2) is 41.8 Å². The lowest BCUT2D eigenvalue weighted by Crippen LogP contribution is -2.11. The van der Waals surface area contributed by atoms with Gasteiger partial charge in [-0.25, -0.2) is 0 Å². The number of alkyl halides is 6. The largest absolute Gasteiger partial charge is 0.417 e. The molecule has 2 aromatic heterocycles. The average Bonchev–Trinajstić information content (AvgIpc) is 3.27. The molecule has 0 saturated carbocycles. The molecule has 3 N–H and O–H groups in total. The Morgan fingerprint density at radius 3 is 2.35 bits per heavy atom. The van der Waals surface area contributed by atoms with Crippen LogP contribution in [0.25, 0.3) is 32.2 Å². The minimum Gasteiger partial charge on any atom is -0.354 e. The van der Waals surface area contributed by atoms with Crippen molar-refractivity contribution in [3.05, 3.63) is 58.5 Å². The molecule has 164 valence electrons. The van der Waals surface area contributed by atoms with Gasteiger partial charge in [-0.05, 0) is 49.6 Å². The highest BCUT2D eigenvalue weighted by Crippen LogP contribution is 2.45. The van der Waals surface area contributed by atoms with E-state index >= 15 is 0 Å². The summed E-state index contributed by atoms with van der Waals surface area (Å²) in [5, 5.41) is 2.45. The summed E-state index contributed by atoms with van der Waals surface area (Å²) >= 11 is 1.43. The lowest BCUT2D eigenvalue weighted by Gasteiger charge is -2.14. The van der Waals surface area contributed by atoms with E-state index in [1.807, 2.05) is 29.6 Å². The highest BCUT2D eigenvalue weighted by molar-refractivity contribution is 7.17. The summed E-state index contributed by atoms with van der Waals surface area (Å²) in [5.74, 6) is 0. The van der Waals surface area contributed by atoms with E-state index in [-0.39, 0.29) is 23.4 Å². The molecule has 4 aromatic rings. The van der Waals surface area contributed by atoms with E-state index in [0.717, 1.165) is 16.2 Å². The summed E-state index contributed by atoms with van der Waals surface area (Å²) in [6, 6.07) is 8.38. The highest BCUT2D eigenvalue weighted by Gasteiger charge is 2.39. The minimum absolute atomic E-state index is 0.171. The maximum atomic E-state index is 13.9. The van der Waals surface area contributed by atoms with Gasteiger partial charge in [0.15, 0.2) is 0 Å². The highest BCUT2D eigenvalue weighted by atomic mass is 32.1. The molecule has 0 aliphatic carbocycles. The molecule has 0 atom stereocenters. The Kier molecular flexibility index (Phi) is 5.51. The smallest absolute Gasteiger partial charge is 0.354 e. The molecule has 2 aromatic carbocycles. The second kappa shape index (κ2) is 7.87. The SMILES string of the molecule is NCCCCc1c(-c2csc3ccccc23)[nH]c2cc(C(F)(F)F)cc(C(F)(F)F)c12. The first-order chi connectivity index (χ1) is 14.6. The fraction of sp³-hybridized carbons (Fsp3) is 0.273. The molecule has 0 aliphatic heterocycles. The van der Waals surface area contributed by atoms with Crippen molar-refractivity contribution in [2.75, 3.05) is 6.54 Å². The van der Waals surface area contributed by atoms with Crippen molar-refractivity contribution < 1.29 is 26.3 Å². The van der Waals surface area contributed by atoms with Gasteiger partial charge < -0.3 is 10.7 Å². The third-order valence-electron chi connectivity index (χ3n) is 5.27. The third-order valence-corrected chi connectivity index (χ3v) is 6.23. The Balaban J connectivity index is 2.05. The topological polar surface area (TPSA) is 41.8 Å². The average molecular weight is 456 g/mol. The van der Waals surface area contributed by atoms with Crippen molar-refractivity contribution in [1.82, 2.24) is 4.98 Å². The van der Waals surface area contributed by atoms with Crippen LogP contribution in [0.2, 0.25) is 0 Å². The van der Waals surface area contributed by atoms with Crippen molar-refractivity contribution in [1.29, 1.82) is 0 Å². The lowest BCUT2D eigenvalue weighted by atomic mass is 9.95. The van der Waals surface area contributed by atoms with Gasteiger partial charge in [0.25, 0.3) is 0 Å². The normalized spacial score (nSPS) is 12.9. The van der Waals surface area contributed by atoms with Crippen LogP contribution in [0.5, 0.6) is 0 Å². The van der Waals surface area contributed by atoms with Crippen LogP contribution < -0.4 is 5.73 Å². The fourth-order valence-corrected chi connectivity index (χ4v) is 4.84. The van der Waals surface area contributed by atoms with Gasteiger partial charge in [0.2, 0.25) is 0 Å². The number of aryl methyl sites for hydroxylation is 1. The van der Waals surface area contributed by atoms with Gasteiger partial charge in [-0.2, -0.15) is 26.3 Å². The number of unbranched alkanes of at least 4 members (excludes halogenated alkanes) is 1. The number of aromatic amines is 1. The van der Waals surface area contributed by atoms with Crippen LogP contribution in [0.3, 0.4) is 0 Å². The first-order valence-electron chi connectivity index (χ1n) is 9.61. The second-order valence-corrected chi connectivity index (χ2v) is 8.22. The molecular weight excluding hydrogens is 438 g/mol. The van der Waals surface area contributed by atoms with Crippen LogP contribution in [0.4, 0.5) is 26.3 Å². The maximum Gasteiger partial charge on any atom is 0.417 e. The second-order valence-electron chi connectivity index (χ2n) is 7.31. The molecule has 9 heteroatoms. The summed E-state index contributed by atoms with van der Waals surface area (Å²) < 4.78 is 82.5. The number of halogens is 6. The van der Waals surface area contributed by atoms with Crippen LogP contribution in [0, 0.1) is 0 Å². The number of thiophene rings is 1. The number of aromatic nitrogens is 1. The van der Waals surface area contributed by atoms with Crippen molar-refractivity contribution in [3.63, 3.8) is 0 Å². The molecule has 2 nitrogen and oxygen atoms in total. The van der Waals surface area contributed by atoms with E-state index < -0.39 is 23.5 Å². The third kappa shape index (κ3) is 4.04. The summed E-state index contributed by atoms with van der Waals surface area (Å²) in [4.78, 5) is 2.89. The molecular formula is C22H18F6N2S. The predicted molar refractivity (Wildman–Crippen MR) is 111 cm³/mol. The number of nitrogens with two attached hydrogens (primary N) is 1. The number of hydrogen-bond donors (Lipinski definition) is 2. The fourth-order valence-electron chi connectivity index (χ4n) is 3.89. The van der Waals surface area contributed by atoms with E-state index in [1.165, 1.54) is 11.3 Å². The van der Waals surface area contributed by atoms with Crippen LogP contribution >= 0.6 is 11.3 Å². The zero-order valence-corrected chi connectivity index (χ0v) is 16.9. The zero-order valence-electron chi connectivity index (χ0n) is 16.1. The molecule has 2 heterocycles. The van der Waals surface area contributed by atoms with Crippen molar-refractivity contribution in [3.8, 4) is 11.3 Å². The predicted octanol–water partition coefficient (Wildman–Crippen LogP) is 7.37. The summed E-state index contributed by atoms with van der Waals surface area (Å²) in [7, 11) is 0. The molecule has 0 fully saturated rings. The summed E-state index contributed by atoms with van der Waals surface area (Å²) in [5.41, 5.74) is 4.24. The van der Waals surface area contributed by atoms with E-state index in [0.29, 0.717) is 36.2 Å². The van der Waals surface area contributed by atoms with E-state index in [4.69, 9.17) is 5.73 Å². The van der Waals surface area contributed by atoms with Crippen molar-refractivity contribution in [2.45, 2.75) is 31.6 Å². The van der Waals surface area contributed by atoms with Crippen molar-refractivity contribution in [2.24, 2.45) is 5.73 Å². The molecule has 0 unspecified atom stereocenters. The number of rotatable bonds is 5. The first kappa shape index (κ1) is 21.7. The van der Waals surface area contributed by atoms with Gasteiger partial charge in [-0.15, -0.1) is 11.3 Å². The van der Waals surface area contributed by atoms with E-state index in [2.05, 4.69) is 4.98 Å². The first-order valence-corrected chi connectivity index (χ1v) is 10.5. The summed E-state index contributed by atoms with van der Waals surface area (Å²) in [6.45, 7) is 0.378.